The van der Waals surface area contributed by atoms with Crippen LogP contribution in [0.25, 0.3) is 0 Å². The number of hydrogen-bond acceptors (Lipinski definition) is 2. The summed E-state index contributed by atoms with van der Waals surface area (Å²) in [6.07, 6.45) is 1.80. The topological polar surface area (TPSA) is 21.3 Å². The first kappa shape index (κ1) is 14.5. The molecule has 0 aliphatic heterocycles. The smallest absolute Gasteiger partial charge is 0.123 e. The first-order valence-corrected chi connectivity index (χ1v) is 6.97. The summed E-state index contributed by atoms with van der Waals surface area (Å²) in [6, 6.07) is 16.6. The zero-order valence-corrected chi connectivity index (χ0v) is 11.5. The van der Waals surface area contributed by atoms with Crippen molar-refractivity contribution in [2.75, 3.05) is 19.7 Å². The minimum absolute atomic E-state index is 0.168. The maximum atomic E-state index is 13.0. The van der Waals surface area contributed by atoms with Crippen LogP contribution in [-0.4, -0.2) is 19.7 Å². The molecule has 1 N–H and O–H groups in total. The molecule has 3 heteroatoms. The number of halogens is 1. The SMILES string of the molecule is Fc1cccc(CCNCCCOc2ccccc2)c1. The fourth-order valence-corrected chi connectivity index (χ4v) is 1.95. The Hall–Kier alpha value is -1.87. The van der Waals surface area contributed by atoms with Gasteiger partial charge in [0.15, 0.2) is 0 Å². The van der Waals surface area contributed by atoms with Gasteiger partial charge in [-0.15, -0.1) is 0 Å². The molecule has 0 aliphatic carbocycles. The van der Waals surface area contributed by atoms with Crippen LogP contribution < -0.4 is 10.1 Å². The average Bonchev–Trinajstić information content (AvgIpc) is 2.47. The molecule has 0 aliphatic rings. The Morgan fingerprint density at radius 3 is 2.60 bits per heavy atom. The lowest BCUT2D eigenvalue weighted by atomic mass is 10.1. The summed E-state index contributed by atoms with van der Waals surface area (Å²) >= 11 is 0. The second-order valence-electron chi connectivity index (χ2n) is 4.64. The molecule has 0 unspecified atom stereocenters. The van der Waals surface area contributed by atoms with Crippen LogP contribution in [0.1, 0.15) is 12.0 Å². The van der Waals surface area contributed by atoms with E-state index in [1.54, 1.807) is 12.1 Å². The van der Waals surface area contributed by atoms with E-state index in [-0.39, 0.29) is 5.82 Å². The Morgan fingerprint density at radius 2 is 1.80 bits per heavy atom. The van der Waals surface area contributed by atoms with Crippen molar-refractivity contribution < 1.29 is 9.13 Å². The van der Waals surface area contributed by atoms with Crippen LogP contribution in [0.2, 0.25) is 0 Å². The van der Waals surface area contributed by atoms with Crippen molar-refractivity contribution in [2.24, 2.45) is 0 Å². The summed E-state index contributed by atoms with van der Waals surface area (Å²) in [7, 11) is 0. The molecule has 0 bridgehead atoms. The van der Waals surface area contributed by atoms with Gasteiger partial charge >= 0.3 is 0 Å². The van der Waals surface area contributed by atoms with Gasteiger partial charge in [-0.1, -0.05) is 30.3 Å². The van der Waals surface area contributed by atoms with Crippen molar-refractivity contribution in [3.05, 3.63) is 66.0 Å². The van der Waals surface area contributed by atoms with Crippen LogP contribution in [-0.2, 0) is 6.42 Å². The number of ether oxygens (including phenoxy) is 1. The van der Waals surface area contributed by atoms with E-state index in [2.05, 4.69) is 5.32 Å². The molecule has 0 aromatic heterocycles. The van der Waals surface area contributed by atoms with E-state index in [0.717, 1.165) is 37.2 Å². The number of rotatable bonds is 8. The molecule has 0 saturated heterocycles. The predicted octanol–water partition coefficient (Wildman–Crippen LogP) is 3.43. The Labute approximate surface area is 119 Å². The van der Waals surface area contributed by atoms with Gasteiger partial charge in [-0.25, -0.2) is 4.39 Å². The van der Waals surface area contributed by atoms with Gasteiger partial charge in [-0.05, 0) is 55.8 Å². The molecule has 2 aromatic rings. The van der Waals surface area contributed by atoms with Crippen molar-refractivity contribution in [3.8, 4) is 5.75 Å². The maximum Gasteiger partial charge on any atom is 0.123 e. The zero-order valence-electron chi connectivity index (χ0n) is 11.5. The monoisotopic (exact) mass is 273 g/mol. The zero-order chi connectivity index (χ0) is 14.0. The van der Waals surface area contributed by atoms with Gasteiger partial charge in [0.2, 0.25) is 0 Å². The van der Waals surface area contributed by atoms with E-state index < -0.39 is 0 Å². The van der Waals surface area contributed by atoms with Crippen LogP contribution in [0.5, 0.6) is 5.75 Å². The highest BCUT2D eigenvalue weighted by Crippen LogP contribution is 2.08. The Bertz CT molecular complexity index is 501. The van der Waals surface area contributed by atoms with Crippen LogP contribution >= 0.6 is 0 Å². The number of nitrogens with one attached hydrogen (secondary N) is 1. The minimum Gasteiger partial charge on any atom is -0.494 e. The van der Waals surface area contributed by atoms with Gasteiger partial charge in [0.05, 0.1) is 6.61 Å². The molecule has 0 saturated carbocycles. The van der Waals surface area contributed by atoms with E-state index in [1.165, 1.54) is 6.07 Å². The molecule has 0 heterocycles. The van der Waals surface area contributed by atoms with Crippen LogP contribution in [0.15, 0.2) is 54.6 Å². The van der Waals surface area contributed by atoms with Gasteiger partial charge in [-0.3, -0.25) is 0 Å². The second kappa shape index (κ2) is 8.33. The molecule has 2 aromatic carbocycles. The lowest BCUT2D eigenvalue weighted by molar-refractivity contribution is 0.308. The third kappa shape index (κ3) is 5.41. The third-order valence-corrected chi connectivity index (χ3v) is 2.99. The molecular formula is C17H20FNO. The van der Waals surface area contributed by atoms with Crippen molar-refractivity contribution in [3.63, 3.8) is 0 Å². The largest absolute Gasteiger partial charge is 0.494 e. The maximum absolute atomic E-state index is 13.0. The summed E-state index contributed by atoms with van der Waals surface area (Å²) in [5.41, 5.74) is 1.03. The Balaban J connectivity index is 1.52. The number of para-hydroxylation sites is 1. The van der Waals surface area contributed by atoms with Crippen LogP contribution in [0, 0.1) is 5.82 Å². The summed E-state index contributed by atoms with van der Waals surface area (Å²) < 4.78 is 18.6. The normalized spacial score (nSPS) is 10.4. The highest BCUT2D eigenvalue weighted by atomic mass is 19.1. The summed E-state index contributed by atoms with van der Waals surface area (Å²) in [4.78, 5) is 0. The van der Waals surface area contributed by atoms with Gasteiger partial charge in [0, 0.05) is 0 Å². The standard InChI is InChI=1S/C17H20FNO/c18-16-7-4-6-15(14-16)10-12-19-11-5-13-20-17-8-2-1-3-9-17/h1-4,6-9,14,19H,5,10-13H2. The van der Waals surface area contributed by atoms with Gasteiger partial charge in [-0.2, -0.15) is 0 Å². The summed E-state index contributed by atoms with van der Waals surface area (Å²) in [5.74, 6) is 0.742. The van der Waals surface area contributed by atoms with Crippen molar-refractivity contribution in [1.82, 2.24) is 5.32 Å². The molecule has 0 radical (unpaired) electrons. The fraction of sp³-hybridized carbons (Fsp3) is 0.294. The summed E-state index contributed by atoms with van der Waals surface area (Å²) in [5, 5.41) is 3.34. The molecule has 20 heavy (non-hydrogen) atoms. The lowest BCUT2D eigenvalue weighted by Crippen LogP contribution is -2.20. The summed E-state index contributed by atoms with van der Waals surface area (Å²) in [6.45, 7) is 2.47. The van der Waals surface area contributed by atoms with Gasteiger partial charge < -0.3 is 10.1 Å². The average molecular weight is 273 g/mol. The minimum atomic E-state index is -0.168. The quantitative estimate of drug-likeness (QED) is 0.744. The van der Waals surface area contributed by atoms with Crippen molar-refractivity contribution in [2.45, 2.75) is 12.8 Å². The second-order valence-corrected chi connectivity index (χ2v) is 4.64. The molecule has 0 amide bonds. The lowest BCUT2D eigenvalue weighted by Gasteiger charge is -2.07. The Morgan fingerprint density at radius 1 is 0.950 bits per heavy atom. The van der Waals surface area contributed by atoms with E-state index >= 15 is 0 Å². The van der Waals surface area contributed by atoms with Crippen LogP contribution in [0.4, 0.5) is 4.39 Å². The van der Waals surface area contributed by atoms with Gasteiger partial charge in [0.25, 0.3) is 0 Å². The highest BCUT2D eigenvalue weighted by molar-refractivity contribution is 5.20. The molecule has 0 atom stereocenters. The van der Waals surface area contributed by atoms with Crippen molar-refractivity contribution in [1.29, 1.82) is 0 Å². The Kier molecular flexibility index (Phi) is 6.06. The molecular weight excluding hydrogens is 253 g/mol. The molecule has 2 nitrogen and oxygen atoms in total. The first-order chi connectivity index (χ1) is 9.84. The van der Waals surface area contributed by atoms with E-state index in [1.807, 2.05) is 36.4 Å². The third-order valence-electron chi connectivity index (χ3n) is 2.99. The predicted molar refractivity (Wildman–Crippen MR) is 79.5 cm³/mol. The van der Waals surface area contributed by atoms with E-state index in [9.17, 15) is 4.39 Å². The molecule has 0 fully saturated rings. The molecule has 106 valence electrons. The fourth-order valence-electron chi connectivity index (χ4n) is 1.95. The van der Waals surface area contributed by atoms with Crippen LogP contribution in [0.3, 0.4) is 0 Å². The van der Waals surface area contributed by atoms with Gasteiger partial charge in [0.1, 0.15) is 11.6 Å². The van der Waals surface area contributed by atoms with Crippen molar-refractivity contribution >= 4 is 0 Å². The van der Waals surface area contributed by atoms with E-state index in [0.29, 0.717) is 6.61 Å². The number of hydrogen-bond donors (Lipinski definition) is 1. The molecule has 0 spiro atoms. The first-order valence-electron chi connectivity index (χ1n) is 6.97. The molecule has 2 rings (SSSR count). The van der Waals surface area contributed by atoms with E-state index in [4.69, 9.17) is 4.74 Å². The number of benzene rings is 2. The highest BCUT2D eigenvalue weighted by Gasteiger charge is 1.96.